The second-order valence-corrected chi connectivity index (χ2v) is 6.96. The van der Waals surface area contributed by atoms with Gasteiger partial charge in [0.1, 0.15) is 12.2 Å². The number of hydrogen-bond donors (Lipinski definition) is 1. The van der Waals surface area contributed by atoms with Gasteiger partial charge in [-0.15, -0.1) is 5.10 Å². The van der Waals surface area contributed by atoms with Crippen molar-refractivity contribution >= 4 is 17.3 Å². The Kier molecular flexibility index (Phi) is 6.25. The standard InChI is InChI=1S/C19H25N5O4/c1-14(23-13-17(24(26)27)19(21-23)28-2)18(25)20-16-8-6-15(7-9-16)12-22-10-4-3-5-11-22/h6-9,13-14H,3-5,10-12H2,1-2H3,(H,20,25). The number of nitrogens with one attached hydrogen (secondary N) is 1. The summed E-state index contributed by atoms with van der Waals surface area (Å²) < 4.78 is 6.13. The van der Waals surface area contributed by atoms with Crippen molar-refractivity contribution in [3.8, 4) is 5.88 Å². The number of aromatic nitrogens is 2. The number of benzene rings is 1. The minimum absolute atomic E-state index is 0.119. The van der Waals surface area contributed by atoms with Gasteiger partial charge in [0.05, 0.1) is 12.0 Å². The molecule has 150 valence electrons. The van der Waals surface area contributed by atoms with Crippen LogP contribution in [0.4, 0.5) is 11.4 Å². The minimum atomic E-state index is -0.726. The van der Waals surface area contributed by atoms with Gasteiger partial charge in [-0.25, -0.2) is 4.68 Å². The Morgan fingerprint density at radius 1 is 1.29 bits per heavy atom. The number of hydrogen-bond acceptors (Lipinski definition) is 6. The Labute approximate surface area is 163 Å². The van der Waals surface area contributed by atoms with Crippen molar-refractivity contribution in [3.05, 3.63) is 46.1 Å². The summed E-state index contributed by atoms with van der Waals surface area (Å²) in [5, 5.41) is 17.8. The number of likely N-dealkylation sites (tertiary alicyclic amines) is 1. The van der Waals surface area contributed by atoms with Gasteiger partial charge in [-0.3, -0.25) is 19.8 Å². The van der Waals surface area contributed by atoms with Gasteiger partial charge < -0.3 is 10.1 Å². The molecule has 2 heterocycles. The maximum atomic E-state index is 12.5. The minimum Gasteiger partial charge on any atom is -0.475 e. The van der Waals surface area contributed by atoms with Crippen LogP contribution < -0.4 is 10.1 Å². The molecule has 1 saturated heterocycles. The highest BCUT2D eigenvalue weighted by atomic mass is 16.6. The van der Waals surface area contributed by atoms with E-state index in [9.17, 15) is 14.9 Å². The number of amides is 1. The van der Waals surface area contributed by atoms with Crippen molar-refractivity contribution in [1.82, 2.24) is 14.7 Å². The highest BCUT2D eigenvalue weighted by Crippen LogP contribution is 2.26. The van der Waals surface area contributed by atoms with Crippen LogP contribution in [0, 0.1) is 10.1 Å². The predicted octanol–water partition coefficient (Wildman–Crippen LogP) is 2.99. The van der Waals surface area contributed by atoms with Crippen LogP contribution in [0.25, 0.3) is 0 Å². The molecule has 1 aromatic carbocycles. The van der Waals surface area contributed by atoms with Crippen LogP contribution in [0.15, 0.2) is 30.5 Å². The lowest BCUT2D eigenvalue weighted by Crippen LogP contribution is -2.29. The molecule has 0 bridgehead atoms. The van der Waals surface area contributed by atoms with Crippen LogP contribution in [0.5, 0.6) is 5.88 Å². The first kappa shape index (κ1) is 19.8. The number of nitro groups is 1. The number of piperidine rings is 1. The monoisotopic (exact) mass is 387 g/mol. The van der Waals surface area contributed by atoms with Gasteiger partial charge in [-0.05, 0) is 50.6 Å². The number of methoxy groups -OCH3 is 1. The van der Waals surface area contributed by atoms with E-state index in [2.05, 4.69) is 15.3 Å². The Bertz CT molecular complexity index is 827. The third-order valence-corrected chi connectivity index (χ3v) is 4.92. The summed E-state index contributed by atoms with van der Waals surface area (Å²) in [4.78, 5) is 25.4. The molecule has 1 aliphatic heterocycles. The van der Waals surface area contributed by atoms with E-state index in [1.54, 1.807) is 6.92 Å². The molecule has 0 saturated carbocycles. The lowest BCUT2D eigenvalue weighted by molar-refractivity contribution is -0.385. The van der Waals surface area contributed by atoms with Gasteiger partial charge in [-0.2, -0.15) is 0 Å². The summed E-state index contributed by atoms with van der Waals surface area (Å²) in [6.45, 7) is 4.81. The molecule has 9 nitrogen and oxygen atoms in total. The first-order valence-electron chi connectivity index (χ1n) is 9.37. The van der Waals surface area contributed by atoms with Gasteiger partial charge >= 0.3 is 11.6 Å². The van der Waals surface area contributed by atoms with Crippen molar-refractivity contribution in [3.63, 3.8) is 0 Å². The summed E-state index contributed by atoms with van der Waals surface area (Å²) in [5.41, 5.74) is 1.61. The first-order chi connectivity index (χ1) is 13.5. The lowest BCUT2D eigenvalue weighted by atomic mass is 10.1. The van der Waals surface area contributed by atoms with Gasteiger partial charge in [-0.1, -0.05) is 18.6 Å². The summed E-state index contributed by atoms with van der Waals surface area (Å²) in [7, 11) is 1.30. The van der Waals surface area contributed by atoms with E-state index in [4.69, 9.17) is 4.74 Å². The fourth-order valence-corrected chi connectivity index (χ4v) is 3.27. The second-order valence-electron chi connectivity index (χ2n) is 6.96. The van der Waals surface area contributed by atoms with E-state index >= 15 is 0 Å². The highest BCUT2D eigenvalue weighted by Gasteiger charge is 2.25. The van der Waals surface area contributed by atoms with Gasteiger partial charge in [0.15, 0.2) is 0 Å². The largest absolute Gasteiger partial charge is 0.475 e. The van der Waals surface area contributed by atoms with Crippen molar-refractivity contribution in [1.29, 1.82) is 0 Å². The molecule has 0 radical (unpaired) electrons. The maximum absolute atomic E-state index is 12.5. The van der Waals surface area contributed by atoms with Gasteiger partial charge in [0.2, 0.25) is 5.91 Å². The van der Waals surface area contributed by atoms with E-state index in [1.165, 1.54) is 42.8 Å². The zero-order valence-corrected chi connectivity index (χ0v) is 16.1. The molecule has 1 aliphatic rings. The molecule has 9 heteroatoms. The fraction of sp³-hybridized carbons (Fsp3) is 0.474. The van der Waals surface area contributed by atoms with Crippen molar-refractivity contribution in [2.45, 2.75) is 38.8 Å². The molecule has 1 aromatic heterocycles. The third kappa shape index (κ3) is 4.66. The van der Waals surface area contributed by atoms with Crippen LogP contribution in [0.1, 0.15) is 37.8 Å². The molecule has 1 unspecified atom stereocenters. The zero-order valence-electron chi connectivity index (χ0n) is 16.1. The number of ether oxygens (including phenoxy) is 1. The Balaban J connectivity index is 1.61. The number of carbonyl (C=O) groups is 1. The average molecular weight is 387 g/mol. The summed E-state index contributed by atoms with van der Waals surface area (Å²) >= 11 is 0. The summed E-state index contributed by atoms with van der Waals surface area (Å²) in [6.07, 6.45) is 5.01. The normalized spacial score (nSPS) is 15.8. The molecule has 3 rings (SSSR count). The maximum Gasteiger partial charge on any atom is 0.350 e. The number of nitrogens with zero attached hydrogens (tertiary/aromatic N) is 4. The second kappa shape index (κ2) is 8.83. The summed E-state index contributed by atoms with van der Waals surface area (Å²) in [5.74, 6) is -0.435. The van der Waals surface area contributed by atoms with Crippen LogP contribution in [0.2, 0.25) is 0 Å². The van der Waals surface area contributed by atoms with E-state index in [-0.39, 0.29) is 17.5 Å². The molecule has 1 fully saturated rings. The van der Waals surface area contributed by atoms with E-state index < -0.39 is 11.0 Å². The highest BCUT2D eigenvalue weighted by molar-refractivity contribution is 5.93. The fourth-order valence-electron chi connectivity index (χ4n) is 3.27. The molecule has 1 amide bonds. The topological polar surface area (TPSA) is 103 Å². The molecule has 2 aromatic rings. The van der Waals surface area contributed by atoms with Crippen molar-refractivity contribution < 1.29 is 14.5 Å². The molecule has 28 heavy (non-hydrogen) atoms. The van der Waals surface area contributed by atoms with E-state index in [0.29, 0.717) is 5.69 Å². The number of rotatable bonds is 7. The Morgan fingerprint density at radius 3 is 2.54 bits per heavy atom. The molecule has 0 aliphatic carbocycles. The molecule has 0 spiro atoms. The Hall–Kier alpha value is -2.94. The van der Waals surface area contributed by atoms with E-state index in [1.807, 2.05) is 24.3 Å². The molecule has 1 atom stereocenters. The van der Waals surface area contributed by atoms with Crippen LogP contribution >= 0.6 is 0 Å². The smallest absolute Gasteiger partial charge is 0.350 e. The van der Waals surface area contributed by atoms with E-state index in [0.717, 1.165) is 19.6 Å². The van der Waals surface area contributed by atoms with Gasteiger partial charge in [0, 0.05) is 12.2 Å². The average Bonchev–Trinajstić information content (AvgIpc) is 3.14. The van der Waals surface area contributed by atoms with Crippen molar-refractivity contribution in [2.24, 2.45) is 0 Å². The Morgan fingerprint density at radius 2 is 1.96 bits per heavy atom. The SMILES string of the molecule is COc1nn(C(C)C(=O)Nc2ccc(CN3CCCCC3)cc2)cc1[N+](=O)[O-]. The zero-order chi connectivity index (χ0) is 20.1. The van der Waals surface area contributed by atoms with Crippen LogP contribution in [-0.4, -0.2) is 45.7 Å². The molecular formula is C19H25N5O4. The van der Waals surface area contributed by atoms with Gasteiger partial charge in [0.25, 0.3) is 0 Å². The number of anilines is 1. The first-order valence-corrected chi connectivity index (χ1v) is 9.37. The van der Waals surface area contributed by atoms with Crippen LogP contribution in [0.3, 0.4) is 0 Å². The third-order valence-electron chi connectivity index (χ3n) is 4.92. The quantitative estimate of drug-likeness (QED) is 0.579. The lowest BCUT2D eigenvalue weighted by Gasteiger charge is -2.26. The van der Waals surface area contributed by atoms with Crippen LogP contribution in [-0.2, 0) is 11.3 Å². The predicted molar refractivity (Wildman–Crippen MR) is 104 cm³/mol. The number of carbonyl (C=O) groups excluding carboxylic acids is 1. The summed E-state index contributed by atoms with van der Waals surface area (Å²) in [6, 6.07) is 7.04. The van der Waals surface area contributed by atoms with Crippen molar-refractivity contribution in [2.75, 3.05) is 25.5 Å². The molecular weight excluding hydrogens is 362 g/mol. The molecule has 1 N–H and O–H groups in total.